The van der Waals surface area contributed by atoms with Crippen molar-refractivity contribution in [2.24, 2.45) is 5.92 Å². The largest absolute Gasteiger partial charge is 0.392 e. The molecule has 1 aliphatic heterocycles. The molecule has 152 valence electrons. The number of Topliss-reactive ketones (excluding diaryl/α,β-unsaturated/α-hetero) is 2. The Morgan fingerprint density at radius 2 is 1.59 bits per heavy atom. The Morgan fingerprint density at radius 3 is 2.10 bits per heavy atom. The van der Waals surface area contributed by atoms with Crippen molar-refractivity contribution in [3.05, 3.63) is 70.8 Å². The number of aliphatic hydroxyl groups excluding tert-OH is 1. The zero-order valence-electron chi connectivity index (χ0n) is 17.3. The first-order valence-corrected chi connectivity index (χ1v) is 9.94. The summed E-state index contributed by atoms with van der Waals surface area (Å²) >= 11 is 0. The molecule has 0 aromatic heterocycles. The molecular weight excluding hydrogens is 366 g/mol. The number of carbonyl (C=O) groups excluding carboxylic acids is 3. The minimum absolute atomic E-state index is 0.00114. The Labute approximate surface area is 171 Å². The van der Waals surface area contributed by atoms with Gasteiger partial charge in [-0.25, -0.2) is 0 Å². The summed E-state index contributed by atoms with van der Waals surface area (Å²) in [4.78, 5) is 40.1. The van der Waals surface area contributed by atoms with E-state index < -0.39 is 29.8 Å². The van der Waals surface area contributed by atoms with Crippen LogP contribution in [0, 0.1) is 12.8 Å². The first-order valence-electron chi connectivity index (χ1n) is 9.94. The molecular formula is C24H27NO4. The fraction of sp³-hybridized carbons (Fsp3) is 0.375. The number of ketones is 2. The Balaban J connectivity index is 2.05. The van der Waals surface area contributed by atoms with E-state index in [1.807, 2.05) is 43.3 Å². The Bertz CT molecular complexity index is 913. The van der Waals surface area contributed by atoms with Crippen molar-refractivity contribution in [2.75, 3.05) is 6.54 Å². The zero-order valence-corrected chi connectivity index (χ0v) is 17.3. The average molecular weight is 393 g/mol. The summed E-state index contributed by atoms with van der Waals surface area (Å²) in [6, 6.07) is 13.9. The van der Waals surface area contributed by atoms with E-state index in [-0.39, 0.29) is 12.3 Å². The second kappa shape index (κ2) is 8.29. The number of likely N-dealkylation sites (tertiary alicyclic amines) is 1. The SMILES string of the molecule is Cc1ccc(C(=O)C2C(=O)C(=O)N(CC(C)O)C2c2ccc(C(C)C)cc2)cc1. The lowest BCUT2D eigenvalue weighted by molar-refractivity contribution is -0.141. The summed E-state index contributed by atoms with van der Waals surface area (Å²) in [7, 11) is 0. The van der Waals surface area contributed by atoms with Crippen molar-refractivity contribution in [3.8, 4) is 0 Å². The first kappa shape index (κ1) is 20.9. The summed E-state index contributed by atoms with van der Waals surface area (Å²) in [5, 5.41) is 9.88. The van der Waals surface area contributed by atoms with E-state index in [1.165, 1.54) is 4.90 Å². The molecule has 1 N–H and O–H groups in total. The summed E-state index contributed by atoms with van der Waals surface area (Å²) < 4.78 is 0. The van der Waals surface area contributed by atoms with Gasteiger partial charge in [-0.3, -0.25) is 14.4 Å². The lowest BCUT2D eigenvalue weighted by Crippen LogP contribution is -2.36. The molecule has 0 bridgehead atoms. The highest BCUT2D eigenvalue weighted by Gasteiger charge is 2.51. The fourth-order valence-electron chi connectivity index (χ4n) is 3.82. The lowest BCUT2D eigenvalue weighted by atomic mass is 9.85. The van der Waals surface area contributed by atoms with Crippen LogP contribution in [0.25, 0.3) is 0 Å². The molecule has 2 aromatic rings. The van der Waals surface area contributed by atoms with E-state index in [2.05, 4.69) is 13.8 Å². The van der Waals surface area contributed by atoms with Crippen LogP contribution >= 0.6 is 0 Å². The summed E-state index contributed by atoms with van der Waals surface area (Å²) in [6.07, 6.45) is -0.808. The van der Waals surface area contributed by atoms with Gasteiger partial charge in [-0.2, -0.15) is 0 Å². The molecule has 1 fully saturated rings. The van der Waals surface area contributed by atoms with E-state index in [0.717, 1.165) is 16.7 Å². The maximum Gasteiger partial charge on any atom is 0.291 e. The van der Waals surface area contributed by atoms with Gasteiger partial charge in [-0.1, -0.05) is 67.9 Å². The summed E-state index contributed by atoms with van der Waals surface area (Å²) in [5.41, 5.74) is 3.27. The molecule has 1 saturated heterocycles. The van der Waals surface area contributed by atoms with Crippen LogP contribution in [0.1, 0.15) is 59.8 Å². The Morgan fingerprint density at radius 1 is 1.00 bits per heavy atom. The predicted molar refractivity (Wildman–Crippen MR) is 111 cm³/mol. The molecule has 0 saturated carbocycles. The van der Waals surface area contributed by atoms with Crippen molar-refractivity contribution in [2.45, 2.75) is 45.8 Å². The van der Waals surface area contributed by atoms with E-state index in [0.29, 0.717) is 11.5 Å². The Kier molecular flexibility index (Phi) is 5.99. The summed E-state index contributed by atoms with van der Waals surface area (Å²) in [6.45, 7) is 7.65. The molecule has 0 spiro atoms. The molecule has 1 aliphatic rings. The normalized spacial score (nSPS) is 20.4. The quantitative estimate of drug-likeness (QED) is 0.463. The van der Waals surface area contributed by atoms with Gasteiger partial charge in [-0.15, -0.1) is 0 Å². The molecule has 0 radical (unpaired) electrons. The third kappa shape index (κ3) is 4.15. The molecule has 3 unspecified atom stereocenters. The fourth-order valence-corrected chi connectivity index (χ4v) is 3.82. The van der Waals surface area contributed by atoms with E-state index >= 15 is 0 Å². The maximum atomic E-state index is 13.2. The second-order valence-electron chi connectivity index (χ2n) is 8.14. The molecule has 1 heterocycles. The number of carbonyl (C=O) groups is 3. The molecule has 5 nitrogen and oxygen atoms in total. The lowest BCUT2D eigenvalue weighted by Gasteiger charge is -2.28. The Hall–Kier alpha value is -2.79. The van der Waals surface area contributed by atoms with Gasteiger partial charge in [0.15, 0.2) is 5.78 Å². The van der Waals surface area contributed by atoms with Crippen molar-refractivity contribution in [1.82, 2.24) is 4.90 Å². The number of rotatable bonds is 6. The van der Waals surface area contributed by atoms with Gasteiger partial charge in [0.25, 0.3) is 5.91 Å². The zero-order chi connectivity index (χ0) is 21.3. The van der Waals surface area contributed by atoms with Gasteiger partial charge >= 0.3 is 0 Å². The number of nitrogens with zero attached hydrogens (tertiary/aromatic N) is 1. The van der Waals surface area contributed by atoms with E-state index in [1.54, 1.807) is 19.1 Å². The van der Waals surface area contributed by atoms with Gasteiger partial charge in [-0.05, 0) is 30.9 Å². The third-order valence-corrected chi connectivity index (χ3v) is 5.43. The monoisotopic (exact) mass is 393 g/mol. The second-order valence-corrected chi connectivity index (χ2v) is 8.14. The minimum atomic E-state index is -1.12. The predicted octanol–water partition coefficient (Wildman–Crippen LogP) is 3.45. The number of amides is 1. The highest BCUT2D eigenvalue weighted by molar-refractivity contribution is 6.44. The van der Waals surface area contributed by atoms with Gasteiger partial charge in [0.2, 0.25) is 5.78 Å². The molecule has 1 amide bonds. The maximum absolute atomic E-state index is 13.2. The molecule has 3 atom stereocenters. The van der Waals surface area contributed by atoms with Crippen LogP contribution in [0.5, 0.6) is 0 Å². The van der Waals surface area contributed by atoms with Gasteiger partial charge in [0.1, 0.15) is 5.92 Å². The van der Waals surface area contributed by atoms with Gasteiger partial charge in [0, 0.05) is 12.1 Å². The summed E-state index contributed by atoms with van der Waals surface area (Å²) in [5.74, 6) is -2.57. The molecule has 2 aromatic carbocycles. The van der Waals surface area contributed by atoms with Crippen LogP contribution in [-0.2, 0) is 9.59 Å². The molecule has 3 rings (SSSR count). The average Bonchev–Trinajstić information content (AvgIpc) is 2.92. The smallest absolute Gasteiger partial charge is 0.291 e. The van der Waals surface area contributed by atoms with Crippen LogP contribution < -0.4 is 0 Å². The molecule has 5 heteroatoms. The standard InChI is InChI=1S/C24H27NO4/c1-14(2)17-9-11-18(12-10-17)21-20(22(27)19-7-5-15(3)6-8-19)23(28)24(29)25(21)13-16(4)26/h5-12,14,16,20-21,26H,13H2,1-4H3. The van der Waals surface area contributed by atoms with Crippen LogP contribution in [0.3, 0.4) is 0 Å². The number of aryl methyl sites for hydroxylation is 1. The highest BCUT2D eigenvalue weighted by Crippen LogP contribution is 2.38. The first-order chi connectivity index (χ1) is 13.7. The van der Waals surface area contributed by atoms with Gasteiger partial charge in [0.05, 0.1) is 12.1 Å². The van der Waals surface area contributed by atoms with Gasteiger partial charge < -0.3 is 10.0 Å². The van der Waals surface area contributed by atoms with Crippen LogP contribution in [0.2, 0.25) is 0 Å². The molecule has 29 heavy (non-hydrogen) atoms. The highest BCUT2D eigenvalue weighted by atomic mass is 16.3. The number of hydrogen-bond acceptors (Lipinski definition) is 4. The van der Waals surface area contributed by atoms with Crippen molar-refractivity contribution in [1.29, 1.82) is 0 Å². The van der Waals surface area contributed by atoms with Crippen molar-refractivity contribution < 1.29 is 19.5 Å². The minimum Gasteiger partial charge on any atom is -0.392 e. The van der Waals surface area contributed by atoms with Crippen LogP contribution in [0.15, 0.2) is 48.5 Å². The number of hydrogen-bond donors (Lipinski definition) is 1. The topological polar surface area (TPSA) is 74.7 Å². The van der Waals surface area contributed by atoms with Crippen molar-refractivity contribution in [3.63, 3.8) is 0 Å². The van der Waals surface area contributed by atoms with Crippen LogP contribution in [0.4, 0.5) is 0 Å². The number of benzene rings is 2. The van der Waals surface area contributed by atoms with Crippen molar-refractivity contribution >= 4 is 17.5 Å². The van der Waals surface area contributed by atoms with E-state index in [4.69, 9.17) is 0 Å². The number of aliphatic hydroxyl groups is 1. The molecule has 0 aliphatic carbocycles. The number of β-amino-alcohol motifs (C(OH)–C–C–N with tert-alkyl or cyclic N) is 1. The van der Waals surface area contributed by atoms with E-state index in [9.17, 15) is 19.5 Å². The van der Waals surface area contributed by atoms with Crippen LogP contribution in [-0.4, -0.2) is 40.1 Å². The third-order valence-electron chi connectivity index (χ3n) is 5.43.